The summed E-state index contributed by atoms with van der Waals surface area (Å²) in [5.41, 5.74) is 3.22. The molecule has 1 aliphatic carbocycles. The van der Waals surface area contributed by atoms with Gasteiger partial charge in [-0.1, -0.05) is 35.9 Å². The van der Waals surface area contributed by atoms with E-state index in [2.05, 4.69) is 12.1 Å². The first-order valence-corrected chi connectivity index (χ1v) is 7.73. The fourth-order valence-corrected chi connectivity index (χ4v) is 3.45. The van der Waals surface area contributed by atoms with Gasteiger partial charge < -0.3 is 5.11 Å². The van der Waals surface area contributed by atoms with Crippen LogP contribution in [0.25, 0.3) is 0 Å². The Hall–Kier alpha value is -1.38. The average Bonchev–Trinajstić information content (AvgIpc) is 2.50. The van der Waals surface area contributed by atoms with Gasteiger partial charge in [-0.2, -0.15) is 0 Å². The van der Waals surface area contributed by atoms with E-state index >= 15 is 0 Å². The van der Waals surface area contributed by atoms with Crippen molar-refractivity contribution >= 4 is 11.6 Å². The minimum Gasteiger partial charge on any atom is -0.392 e. The molecule has 0 heterocycles. The summed E-state index contributed by atoms with van der Waals surface area (Å²) in [6.45, 7) is 0. The first-order valence-electron chi connectivity index (χ1n) is 7.35. The van der Waals surface area contributed by atoms with E-state index in [4.69, 9.17) is 11.6 Å². The van der Waals surface area contributed by atoms with E-state index in [-0.39, 0.29) is 11.7 Å². The zero-order valence-corrected chi connectivity index (χ0v) is 12.5. The summed E-state index contributed by atoms with van der Waals surface area (Å²) in [6, 6.07) is 12.6. The summed E-state index contributed by atoms with van der Waals surface area (Å²) in [5, 5.41) is 11.1. The quantitative estimate of drug-likeness (QED) is 0.885. The highest BCUT2D eigenvalue weighted by Crippen LogP contribution is 2.35. The molecule has 2 atom stereocenters. The molecule has 0 aliphatic heterocycles. The van der Waals surface area contributed by atoms with Gasteiger partial charge >= 0.3 is 0 Å². The minimum atomic E-state index is -0.536. The molecular weight excluding hydrogens is 287 g/mol. The maximum absolute atomic E-state index is 13.3. The van der Waals surface area contributed by atoms with Crippen LogP contribution in [0.4, 0.5) is 4.39 Å². The Balaban J connectivity index is 1.83. The molecule has 0 radical (unpaired) electrons. The second-order valence-corrected chi connectivity index (χ2v) is 6.11. The topological polar surface area (TPSA) is 20.2 Å². The Morgan fingerprint density at radius 2 is 2.05 bits per heavy atom. The monoisotopic (exact) mass is 304 g/mol. The maximum atomic E-state index is 13.3. The summed E-state index contributed by atoms with van der Waals surface area (Å²) in [6.07, 6.45) is 2.96. The maximum Gasteiger partial charge on any atom is 0.123 e. The first-order chi connectivity index (χ1) is 10.1. The molecule has 0 bridgehead atoms. The lowest BCUT2D eigenvalue weighted by molar-refractivity contribution is 0.134. The Labute approximate surface area is 129 Å². The van der Waals surface area contributed by atoms with Crippen LogP contribution in [0.1, 0.15) is 35.4 Å². The highest BCUT2D eigenvalue weighted by Gasteiger charge is 2.26. The number of hydrogen-bond acceptors (Lipinski definition) is 1. The standard InChI is InChI=1S/C18H18ClFO/c19-17-9-8-14(20)10-13(17)11-18(21)16-7-3-5-12-4-1-2-6-15(12)16/h1-2,4,6,8-10,16,18,21H,3,5,7,11H2. The molecule has 21 heavy (non-hydrogen) atoms. The fourth-order valence-electron chi connectivity index (χ4n) is 3.26. The molecule has 1 N–H and O–H groups in total. The Morgan fingerprint density at radius 3 is 2.90 bits per heavy atom. The van der Waals surface area contributed by atoms with Gasteiger partial charge in [0.05, 0.1) is 6.10 Å². The normalized spacial score (nSPS) is 19.1. The molecule has 0 fully saturated rings. The van der Waals surface area contributed by atoms with E-state index in [0.717, 1.165) is 19.3 Å². The van der Waals surface area contributed by atoms with E-state index in [1.807, 2.05) is 12.1 Å². The zero-order valence-electron chi connectivity index (χ0n) is 11.7. The van der Waals surface area contributed by atoms with Crippen molar-refractivity contribution in [1.29, 1.82) is 0 Å². The molecule has 0 saturated heterocycles. The molecule has 0 saturated carbocycles. The Morgan fingerprint density at radius 1 is 1.24 bits per heavy atom. The van der Waals surface area contributed by atoms with Crippen molar-refractivity contribution in [2.75, 3.05) is 0 Å². The number of aliphatic hydroxyl groups is 1. The van der Waals surface area contributed by atoms with Gasteiger partial charge in [0, 0.05) is 17.4 Å². The van der Waals surface area contributed by atoms with Gasteiger partial charge in [0.1, 0.15) is 5.82 Å². The summed E-state index contributed by atoms with van der Waals surface area (Å²) >= 11 is 6.10. The molecule has 0 aromatic heterocycles. The van der Waals surface area contributed by atoms with Crippen LogP contribution in [0.5, 0.6) is 0 Å². The molecule has 2 aromatic carbocycles. The lowest BCUT2D eigenvalue weighted by Crippen LogP contribution is -2.25. The highest BCUT2D eigenvalue weighted by molar-refractivity contribution is 6.31. The van der Waals surface area contributed by atoms with Gasteiger partial charge in [-0.15, -0.1) is 0 Å². The van der Waals surface area contributed by atoms with Crippen LogP contribution in [-0.2, 0) is 12.8 Å². The van der Waals surface area contributed by atoms with Crippen LogP contribution in [0.15, 0.2) is 42.5 Å². The van der Waals surface area contributed by atoms with Crippen molar-refractivity contribution in [3.8, 4) is 0 Å². The van der Waals surface area contributed by atoms with Crippen LogP contribution < -0.4 is 0 Å². The van der Waals surface area contributed by atoms with Crippen LogP contribution >= 0.6 is 11.6 Å². The van der Waals surface area contributed by atoms with Crippen LogP contribution in [-0.4, -0.2) is 11.2 Å². The third kappa shape index (κ3) is 3.12. The predicted octanol–water partition coefficient (Wildman–Crippen LogP) is 4.50. The van der Waals surface area contributed by atoms with Crippen molar-refractivity contribution in [1.82, 2.24) is 0 Å². The molecule has 2 aromatic rings. The average molecular weight is 305 g/mol. The van der Waals surface area contributed by atoms with Crippen molar-refractivity contribution in [2.24, 2.45) is 0 Å². The van der Waals surface area contributed by atoms with E-state index in [1.54, 1.807) is 6.07 Å². The molecule has 0 spiro atoms. The molecule has 3 rings (SSSR count). The van der Waals surface area contributed by atoms with E-state index in [1.165, 1.54) is 23.3 Å². The lowest BCUT2D eigenvalue weighted by atomic mass is 9.78. The van der Waals surface area contributed by atoms with Crippen LogP contribution in [0.3, 0.4) is 0 Å². The second-order valence-electron chi connectivity index (χ2n) is 5.70. The Kier molecular flexibility index (Phi) is 4.27. The summed E-state index contributed by atoms with van der Waals surface area (Å²) < 4.78 is 13.3. The molecule has 110 valence electrons. The fraction of sp³-hybridized carbons (Fsp3) is 0.333. The number of rotatable bonds is 3. The van der Waals surface area contributed by atoms with E-state index in [0.29, 0.717) is 17.0 Å². The molecule has 3 heteroatoms. The van der Waals surface area contributed by atoms with Gasteiger partial charge in [0.25, 0.3) is 0 Å². The number of fused-ring (bicyclic) bond motifs is 1. The Bertz CT molecular complexity index is 641. The smallest absolute Gasteiger partial charge is 0.123 e. The number of halogens is 2. The van der Waals surface area contributed by atoms with Crippen LogP contribution in [0.2, 0.25) is 5.02 Å². The predicted molar refractivity (Wildman–Crippen MR) is 83.2 cm³/mol. The van der Waals surface area contributed by atoms with Gasteiger partial charge in [-0.05, 0) is 54.2 Å². The van der Waals surface area contributed by atoms with Crippen LogP contribution in [0, 0.1) is 5.82 Å². The van der Waals surface area contributed by atoms with Crippen molar-refractivity contribution in [2.45, 2.75) is 37.7 Å². The van der Waals surface area contributed by atoms with Gasteiger partial charge in [-0.25, -0.2) is 4.39 Å². The lowest BCUT2D eigenvalue weighted by Gasteiger charge is -2.29. The minimum absolute atomic E-state index is 0.106. The third-order valence-corrected chi connectivity index (χ3v) is 4.69. The van der Waals surface area contributed by atoms with Crippen molar-refractivity contribution < 1.29 is 9.50 Å². The first kappa shape index (κ1) is 14.6. The SMILES string of the molecule is OC(Cc1cc(F)ccc1Cl)C1CCCc2ccccc21. The second kappa shape index (κ2) is 6.17. The number of aliphatic hydroxyl groups excluding tert-OH is 1. The summed E-state index contributed by atoms with van der Waals surface area (Å²) in [7, 11) is 0. The molecule has 1 aliphatic rings. The highest BCUT2D eigenvalue weighted by atomic mass is 35.5. The van der Waals surface area contributed by atoms with Gasteiger partial charge in [-0.3, -0.25) is 0 Å². The van der Waals surface area contributed by atoms with Gasteiger partial charge in [0.15, 0.2) is 0 Å². The zero-order chi connectivity index (χ0) is 14.8. The largest absolute Gasteiger partial charge is 0.392 e. The number of benzene rings is 2. The van der Waals surface area contributed by atoms with E-state index in [9.17, 15) is 9.50 Å². The molecule has 1 nitrogen and oxygen atoms in total. The van der Waals surface area contributed by atoms with E-state index < -0.39 is 6.10 Å². The molecule has 0 amide bonds. The summed E-state index contributed by atoms with van der Waals surface area (Å²) in [5.74, 6) is -0.208. The van der Waals surface area contributed by atoms with Crippen molar-refractivity contribution in [3.05, 3.63) is 70.0 Å². The number of hydrogen-bond donors (Lipinski definition) is 1. The number of aryl methyl sites for hydroxylation is 1. The van der Waals surface area contributed by atoms with Crippen molar-refractivity contribution in [3.63, 3.8) is 0 Å². The van der Waals surface area contributed by atoms with Gasteiger partial charge in [0.2, 0.25) is 0 Å². The third-order valence-electron chi connectivity index (χ3n) is 4.32. The summed E-state index contributed by atoms with van der Waals surface area (Å²) in [4.78, 5) is 0. The molecule has 2 unspecified atom stereocenters. The molecular formula is C18H18ClFO.